The van der Waals surface area contributed by atoms with Gasteiger partial charge in [0.25, 0.3) is 0 Å². The van der Waals surface area contributed by atoms with Gasteiger partial charge in [0.05, 0.1) is 5.75 Å². The maximum Gasteiger partial charge on any atom is 0.215 e. The highest BCUT2D eigenvalue weighted by atomic mass is 32.2. The summed E-state index contributed by atoms with van der Waals surface area (Å²) in [5.74, 6) is 0.0401. The second-order valence-corrected chi connectivity index (χ2v) is 5.41. The molecule has 5 heteroatoms. The molecule has 0 amide bonds. The number of sulfonamides is 1. The first-order chi connectivity index (χ1) is 7.57. The van der Waals surface area contributed by atoms with Crippen LogP contribution >= 0.6 is 0 Å². The fraction of sp³-hybridized carbons (Fsp3) is 0.455. The molecule has 2 N–H and O–H groups in total. The summed E-state index contributed by atoms with van der Waals surface area (Å²) in [6.07, 6.45) is 0. The Kier molecular flexibility index (Phi) is 4.92. The van der Waals surface area contributed by atoms with Gasteiger partial charge in [-0.1, -0.05) is 31.2 Å². The smallest absolute Gasteiger partial charge is 0.215 e. The molecule has 0 unspecified atom stereocenters. The van der Waals surface area contributed by atoms with Crippen LogP contribution in [0.25, 0.3) is 0 Å². The second kappa shape index (κ2) is 5.98. The van der Waals surface area contributed by atoms with Crippen LogP contribution in [0.5, 0.6) is 0 Å². The third-order valence-corrected chi connectivity index (χ3v) is 3.54. The van der Waals surface area contributed by atoms with Gasteiger partial charge in [0.2, 0.25) is 10.0 Å². The van der Waals surface area contributed by atoms with Crippen LogP contribution in [0.15, 0.2) is 24.3 Å². The summed E-state index contributed by atoms with van der Waals surface area (Å²) >= 11 is 0. The molecule has 0 radical (unpaired) electrons. The lowest BCUT2D eigenvalue weighted by Gasteiger charge is -2.06. The van der Waals surface area contributed by atoms with Crippen molar-refractivity contribution < 1.29 is 8.42 Å². The predicted molar refractivity (Wildman–Crippen MR) is 65.5 cm³/mol. The molecule has 0 heterocycles. The van der Waals surface area contributed by atoms with Gasteiger partial charge in [0.15, 0.2) is 0 Å². The lowest BCUT2D eigenvalue weighted by atomic mass is 10.1. The standard InChI is InChI=1S/C11H18N2O2S/c1-3-13-16(14,15)9-11-6-4-5-10(7-11)8-12-2/h4-7,12-13H,3,8-9H2,1-2H3. The van der Waals surface area contributed by atoms with Crippen molar-refractivity contribution in [3.05, 3.63) is 35.4 Å². The van der Waals surface area contributed by atoms with Crippen molar-refractivity contribution >= 4 is 10.0 Å². The number of hydrogen-bond donors (Lipinski definition) is 2. The first-order valence-electron chi connectivity index (χ1n) is 5.27. The Morgan fingerprint density at radius 2 is 1.94 bits per heavy atom. The second-order valence-electron chi connectivity index (χ2n) is 3.61. The van der Waals surface area contributed by atoms with Crippen molar-refractivity contribution in [2.45, 2.75) is 19.2 Å². The largest absolute Gasteiger partial charge is 0.316 e. The number of rotatable bonds is 6. The number of nitrogens with one attached hydrogen (secondary N) is 2. The first kappa shape index (κ1) is 13.2. The molecule has 0 aliphatic rings. The Hall–Kier alpha value is -0.910. The molecule has 0 aliphatic carbocycles. The zero-order valence-corrected chi connectivity index (χ0v) is 10.5. The molecule has 1 aromatic carbocycles. The zero-order valence-electron chi connectivity index (χ0n) is 9.66. The molecule has 0 aromatic heterocycles. The minimum absolute atomic E-state index is 0.0401. The van der Waals surface area contributed by atoms with Crippen LogP contribution in [-0.4, -0.2) is 22.0 Å². The summed E-state index contributed by atoms with van der Waals surface area (Å²) < 4.78 is 25.6. The molecule has 16 heavy (non-hydrogen) atoms. The molecule has 0 bridgehead atoms. The number of benzene rings is 1. The minimum Gasteiger partial charge on any atom is -0.316 e. The quantitative estimate of drug-likeness (QED) is 0.777. The van der Waals surface area contributed by atoms with Crippen LogP contribution in [0.1, 0.15) is 18.1 Å². The monoisotopic (exact) mass is 242 g/mol. The van der Waals surface area contributed by atoms with E-state index in [1.807, 2.05) is 31.3 Å². The van der Waals surface area contributed by atoms with Crippen molar-refractivity contribution in [1.29, 1.82) is 0 Å². The van der Waals surface area contributed by atoms with Gasteiger partial charge in [0, 0.05) is 13.1 Å². The van der Waals surface area contributed by atoms with Crippen molar-refractivity contribution in [2.24, 2.45) is 0 Å². The highest BCUT2D eigenvalue weighted by Gasteiger charge is 2.09. The fourth-order valence-corrected chi connectivity index (χ4v) is 2.68. The summed E-state index contributed by atoms with van der Waals surface area (Å²) in [6.45, 7) is 2.95. The Labute approximate surface area is 97.1 Å². The molecule has 0 fully saturated rings. The topological polar surface area (TPSA) is 58.2 Å². The SMILES string of the molecule is CCNS(=O)(=O)Cc1cccc(CNC)c1. The van der Waals surface area contributed by atoms with Gasteiger partial charge in [-0.25, -0.2) is 13.1 Å². The van der Waals surface area contributed by atoms with Crippen LogP contribution < -0.4 is 10.0 Å². The molecular formula is C11H18N2O2S. The van der Waals surface area contributed by atoms with E-state index < -0.39 is 10.0 Å². The van der Waals surface area contributed by atoms with E-state index in [1.54, 1.807) is 6.92 Å². The van der Waals surface area contributed by atoms with Crippen LogP contribution in [-0.2, 0) is 22.3 Å². The zero-order chi connectivity index (χ0) is 12.0. The lowest BCUT2D eigenvalue weighted by Crippen LogP contribution is -2.24. The molecule has 0 saturated heterocycles. The average molecular weight is 242 g/mol. The average Bonchev–Trinajstić information content (AvgIpc) is 2.17. The molecule has 0 atom stereocenters. The van der Waals surface area contributed by atoms with E-state index in [0.717, 1.165) is 17.7 Å². The van der Waals surface area contributed by atoms with Gasteiger partial charge in [-0.3, -0.25) is 0 Å². The van der Waals surface area contributed by atoms with E-state index in [1.165, 1.54) is 0 Å². The molecule has 0 spiro atoms. The highest BCUT2D eigenvalue weighted by Crippen LogP contribution is 2.08. The summed E-state index contributed by atoms with van der Waals surface area (Å²) in [4.78, 5) is 0. The molecule has 0 aliphatic heterocycles. The van der Waals surface area contributed by atoms with E-state index >= 15 is 0 Å². The Bertz CT molecular complexity index is 429. The van der Waals surface area contributed by atoms with Crippen molar-refractivity contribution in [1.82, 2.24) is 10.0 Å². The molecular weight excluding hydrogens is 224 g/mol. The summed E-state index contributed by atoms with van der Waals surface area (Å²) in [5.41, 5.74) is 1.90. The molecule has 1 aromatic rings. The maximum absolute atomic E-state index is 11.5. The van der Waals surface area contributed by atoms with Gasteiger partial charge < -0.3 is 5.32 Å². The highest BCUT2D eigenvalue weighted by molar-refractivity contribution is 7.88. The van der Waals surface area contributed by atoms with Crippen LogP contribution in [0.3, 0.4) is 0 Å². The van der Waals surface area contributed by atoms with Crippen molar-refractivity contribution in [3.8, 4) is 0 Å². The predicted octanol–water partition coefficient (Wildman–Crippen LogP) is 0.845. The van der Waals surface area contributed by atoms with E-state index in [9.17, 15) is 8.42 Å². The van der Waals surface area contributed by atoms with Gasteiger partial charge in [-0.05, 0) is 18.2 Å². The van der Waals surface area contributed by atoms with E-state index in [2.05, 4.69) is 10.0 Å². The summed E-state index contributed by atoms with van der Waals surface area (Å²) in [7, 11) is -1.32. The Morgan fingerprint density at radius 1 is 1.25 bits per heavy atom. The van der Waals surface area contributed by atoms with Crippen LogP contribution in [0, 0.1) is 0 Å². The van der Waals surface area contributed by atoms with E-state index in [4.69, 9.17) is 0 Å². The van der Waals surface area contributed by atoms with Crippen LogP contribution in [0.4, 0.5) is 0 Å². The maximum atomic E-state index is 11.5. The minimum atomic E-state index is -3.19. The van der Waals surface area contributed by atoms with Gasteiger partial charge in [-0.2, -0.15) is 0 Å². The Morgan fingerprint density at radius 3 is 2.56 bits per heavy atom. The Balaban J connectivity index is 2.77. The van der Waals surface area contributed by atoms with E-state index in [0.29, 0.717) is 6.54 Å². The summed E-state index contributed by atoms with van der Waals surface area (Å²) in [6, 6.07) is 7.59. The van der Waals surface area contributed by atoms with Crippen molar-refractivity contribution in [3.63, 3.8) is 0 Å². The van der Waals surface area contributed by atoms with Gasteiger partial charge >= 0.3 is 0 Å². The number of hydrogen-bond acceptors (Lipinski definition) is 3. The van der Waals surface area contributed by atoms with Gasteiger partial charge in [-0.15, -0.1) is 0 Å². The third-order valence-electron chi connectivity index (χ3n) is 2.09. The first-order valence-corrected chi connectivity index (χ1v) is 6.92. The molecule has 0 saturated carbocycles. The normalized spacial score (nSPS) is 11.6. The van der Waals surface area contributed by atoms with Gasteiger partial charge in [0.1, 0.15) is 0 Å². The lowest BCUT2D eigenvalue weighted by molar-refractivity contribution is 0.583. The summed E-state index contributed by atoms with van der Waals surface area (Å²) in [5, 5.41) is 3.03. The molecule has 1 rings (SSSR count). The molecule has 90 valence electrons. The fourth-order valence-electron chi connectivity index (χ4n) is 1.52. The van der Waals surface area contributed by atoms with Crippen molar-refractivity contribution in [2.75, 3.05) is 13.6 Å². The van der Waals surface area contributed by atoms with E-state index in [-0.39, 0.29) is 5.75 Å². The third kappa shape index (κ3) is 4.30. The molecule has 4 nitrogen and oxygen atoms in total. The van der Waals surface area contributed by atoms with Crippen LogP contribution in [0.2, 0.25) is 0 Å².